The third kappa shape index (κ3) is 3.37. The molecule has 1 saturated heterocycles. The van der Waals surface area contributed by atoms with E-state index in [0.717, 1.165) is 6.61 Å². The van der Waals surface area contributed by atoms with Gasteiger partial charge in [0, 0.05) is 0 Å². The van der Waals surface area contributed by atoms with Crippen LogP contribution in [0.25, 0.3) is 0 Å². The lowest BCUT2D eigenvalue weighted by atomic mass is 9.97. The summed E-state index contributed by atoms with van der Waals surface area (Å²) in [6.07, 6.45) is 9.64. The van der Waals surface area contributed by atoms with Gasteiger partial charge in [0.05, 0.1) is 19.3 Å². The minimum Gasteiger partial charge on any atom is -0.374 e. The van der Waals surface area contributed by atoms with Crippen LogP contribution in [0, 0.1) is 0 Å². The van der Waals surface area contributed by atoms with Crippen molar-refractivity contribution >= 4 is 0 Å². The highest BCUT2D eigenvalue weighted by Crippen LogP contribution is 2.45. The number of hydrogen-bond acceptors (Lipinski definition) is 2. The third-order valence-corrected chi connectivity index (χ3v) is 4.43. The molecule has 2 aliphatic rings. The topological polar surface area (TPSA) is 21.8 Å². The van der Waals surface area contributed by atoms with Crippen LogP contribution in [0.3, 0.4) is 0 Å². The molecule has 2 fully saturated rings. The molecule has 0 bridgehead atoms. The van der Waals surface area contributed by atoms with E-state index in [1.54, 1.807) is 0 Å². The molecule has 19 heavy (non-hydrogen) atoms. The average Bonchev–Trinajstić information content (AvgIpc) is 3.11. The Morgan fingerprint density at radius 1 is 1.05 bits per heavy atom. The first-order valence-corrected chi connectivity index (χ1v) is 7.69. The number of rotatable bonds is 4. The van der Waals surface area contributed by atoms with Crippen molar-refractivity contribution in [2.24, 2.45) is 0 Å². The summed E-state index contributed by atoms with van der Waals surface area (Å²) in [5.74, 6) is 0. The summed E-state index contributed by atoms with van der Waals surface area (Å²) < 4.78 is 11.9. The van der Waals surface area contributed by atoms with Crippen molar-refractivity contribution in [2.75, 3.05) is 6.61 Å². The Bertz CT molecular complexity index is 390. The van der Waals surface area contributed by atoms with Crippen LogP contribution in [0.5, 0.6) is 0 Å². The Morgan fingerprint density at radius 2 is 1.84 bits per heavy atom. The number of benzene rings is 1. The number of fused-ring (bicyclic) bond motifs is 1. The minimum absolute atomic E-state index is 0.0686. The van der Waals surface area contributed by atoms with E-state index in [2.05, 4.69) is 24.3 Å². The van der Waals surface area contributed by atoms with Gasteiger partial charge in [0.1, 0.15) is 5.60 Å². The fourth-order valence-electron chi connectivity index (χ4n) is 3.19. The first-order valence-electron chi connectivity index (χ1n) is 7.69. The molecule has 104 valence electrons. The van der Waals surface area contributed by atoms with Gasteiger partial charge >= 0.3 is 0 Å². The van der Waals surface area contributed by atoms with Gasteiger partial charge in [-0.25, -0.2) is 0 Å². The lowest BCUT2D eigenvalue weighted by molar-refractivity contribution is 0.0632. The molecular formula is C17H24O2. The molecule has 1 aliphatic carbocycles. The lowest BCUT2D eigenvalue weighted by Crippen LogP contribution is -2.22. The van der Waals surface area contributed by atoms with Crippen molar-refractivity contribution in [2.45, 2.75) is 63.3 Å². The number of epoxide rings is 1. The van der Waals surface area contributed by atoms with Crippen LogP contribution in [0.15, 0.2) is 30.3 Å². The molecule has 0 aromatic heterocycles. The molecule has 2 atom stereocenters. The Labute approximate surface area is 116 Å². The Kier molecular flexibility index (Phi) is 4.19. The fraction of sp³-hybridized carbons (Fsp3) is 0.647. The highest BCUT2D eigenvalue weighted by atomic mass is 16.6. The van der Waals surface area contributed by atoms with Gasteiger partial charge < -0.3 is 9.47 Å². The van der Waals surface area contributed by atoms with E-state index in [1.807, 2.05) is 6.07 Å². The maximum absolute atomic E-state index is 5.99. The fourth-order valence-corrected chi connectivity index (χ4v) is 3.19. The summed E-state index contributed by atoms with van der Waals surface area (Å²) >= 11 is 0. The van der Waals surface area contributed by atoms with E-state index in [-0.39, 0.29) is 5.60 Å². The Balaban J connectivity index is 1.48. The molecule has 2 heteroatoms. The maximum atomic E-state index is 5.99. The van der Waals surface area contributed by atoms with Crippen LogP contribution < -0.4 is 0 Å². The first-order chi connectivity index (χ1) is 9.39. The summed E-state index contributed by atoms with van der Waals surface area (Å²) in [7, 11) is 0. The summed E-state index contributed by atoms with van der Waals surface area (Å²) in [6.45, 7) is 1.48. The summed E-state index contributed by atoms with van der Waals surface area (Å²) in [5, 5.41) is 0. The highest BCUT2D eigenvalue weighted by Gasteiger charge is 2.55. The molecule has 1 aromatic rings. The zero-order valence-electron chi connectivity index (χ0n) is 11.6. The van der Waals surface area contributed by atoms with Crippen molar-refractivity contribution < 1.29 is 9.47 Å². The van der Waals surface area contributed by atoms with Gasteiger partial charge in [0.25, 0.3) is 0 Å². The molecule has 1 saturated carbocycles. The average molecular weight is 260 g/mol. The summed E-state index contributed by atoms with van der Waals surface area (Å²) in [4.78, 5) is 0. The van der Waals surface area contributed by atoms with Crippen LogP contribution in [-0.4, -0.2) is 18.3 Å². The predicted molar refractivity (Wildman–Crippen MR) is 76.0 cm³/mol. The van der Waals surface area contributed by atoms with Crippen LogP contribution in [0.1, 0.15) is 50.5 Å². The molecular weight excluding hydrogens is 236 g/mol. The van der Waals surface area contributed by atoms with E-state index < -0.39 is 0 Å². The summed E-state index contributed by atoms with van der Waals surface area (Å²) in [5.41, 5.74) is 1.32. The molecule has 3 rings (SSSR count). The van der Waals surface area contributed by atoms with Crippen LogP contribution in [-0.2, 0) is 16.1 Å². The van der Waals surface area contributed by atoms with E-state index in [9.17, 15) is 0 Å². The van der Waals surface area contributed by atoms with Gasteiger partial charge in [-0.2, -0.15) is 0 Å². The molecule has 0 radical (unpaired) electrons. The van der Waals surface area contributed by atoms with E-state index in [4.69, 9.17) is 9.47 Å². The maximum Gasteiger partial charge on any atom is 0.118 e. The molecule has 0 amide bonds. The quantitative estimate of drug-likeness (QED) is 0.761. The second-order valence-corrected chi connectivity index (χ2v) is 5.96. The Morgan fingerprint density at radius 3 is 2.74 bits per heavy atom. The normalized spacial score (nSPS) is 30.8. The van der Waals surface area contributed by atoms with Crippen molar-refractivity contribution in [1.82, 2.24) is 0 Å². The lowest BCUT2D eigenvalue weighted by Gasteiger charge is -2.13. The molecule has 0 spiro atoms. The van der Waals surface area contributed by atoms with Gasteiger partial charge in [0.15, 0.2) is 0 Å². The molecule has 1 aromatic carbocycles. The predicted octanol–water partition coefficient (Wildman–Crippen LogP) is 4.09. The monoisotopic (exact) mass is 260 g/mol. The number of hydrogen-bond donors (Lipinski definition) is 0. The second-order valence-electron chi connectivity index (χ2n) is 5.96. The van der Waals surface area contributed by atoms with Crippen LogP contribution in [0.4, 0.5) is 0 Å². The molecule has 1 heterocycles. The van der Waals surface area contributed by atoms with Crippen molar-refractivity contribution in [3.05, 3.63) is 35.9 Å². The first kappa shape index (κ1) is 13.1. The van der Waals surface area contributed by atoms with Crippen LogP contribution >= 0.6 is 0 Å². The van der Waals surface area contributed by atoms with E-state index in [1.165, 1.54) is 50.5 Å². The van der Waals surface area contributed by atoms with Crippen molar-refractivity contribution in [1.29, 1.82) is 0 Å². The van der Waals surface area contributed by atoms with Crippen molar-refractivity contribution in [3.8, 4) is 0 Å². The summed E-state index contributed by atoms with van der Waals surface area (Å²) in [6, 6.07) is 10.4. The standard InChI is InChI=1S/C17H24O2/c1-2-7-11-16-17(19-16,12-8-3-1)14-18-13-15-9-5-4-6-10-15/h4-6,9-10,16H,1-3,7-8,11-14H2. The molecule has 2 unspecified atom stereocenters. The second kappa shape index (κ2) is 6.06. The van der Waals surface area contributed by atoms with Gasteiger partial charge in [0.2, 0.25) is 0 Å². The zero-order valence-corrected chi connectivity index (χ0v) is 11.6. The minimum atomic E-state index is 0.0686. The van der Waals surface area contributed by atoms with Gasteiger partial charge in [-0.1, -0.05) is 62.4 Å². The van der Waals surface area contributed by atoms with E-state index >= 15 is 0 Å². The molecule has 2 nitrogen and oxygen atoms in total. The number of ether oxygens (including phenoxy) is 2. The zero-order chi connectivity index (χ0) is 13.0. The molecule has 1 aliphatic heterocycles. The van der Waals surface area contributed by atoms with Gasteiger partial charge in [-0.15, -0.1) is 0 Å². The molecule has 0 N–H and O–H groups in total. The van der Waals surface area contributed by atoms with Crippen LogP contribution in [0.2, 0.25) is 0 Å². The highest BCUT2D eigenvalue weighted by molar-refractivity contribution is 5.13. The van der Waals surface area contributed by atoms with Crippen molar-refractivity contribution in [3.63, 3.8) is 0 Å². The van der Waals surface area contributed by atoms with Gasteiger partial charge in [-0.3, -0.25) is 0 Å². The smallest absolute Gasteiger partial charge is 0.118 e. The third-order valence-electron chi connectivity index (χ3n) is 4.43. The SMILES string of the molecule is c1ccc(COCC23CCCCCCCC2O3)cc1. The Hall–Kier alpha value is -0.860. The van der Waals surface area contributed by atoms with Gasteiger partial charge in [-0.05, 0) is 18.4 Å². The largest absolute Gasteiger partial charge is 0.374 e. The van der Waals surface area contributed by atoms with E-state index in [0.29, 0.717) is 12.7 Å².